The highest BCUT2D eigenvalue weighted by molar-refractivity contribution is 9.11. The van der Waals surface area contributed by atoms with E-state index < -0.39 is 17.7 Å². The number of nitrogens with one attached hydrogen (secondary N) is 2. The standard InChI is InChI=1S/C16H20BrClFN5O/c17-11-6-10(14(25)12(18)7-11)8-21-23-16-20-9-13(19)15(22-16)24-4-2-1-3-5-24/h6,8-9,12-13,15,21H,1-5,7H2,(H,22,23). The van der Waals surface area contributed by atoms with Crippen molar-refractivity contribution in [2.45, 2.75) is 43.4 Å². The van der Waals surface area contributed by atoms with E-state index in [0.717, 1.165) is 30.4 Å². The maximum atomic E-state index is 14.1. The molecule has 0 spiro atoms. The fourth-order valence-corrected chi connectivity index (χ4v) is 4.06. The van der Waals surface area contributed by atoms with Crippen LogP contribution in [-0.4, -0.2) is 53.7 Å². The second kappa shape index (κ2) is 8.42. The fraction of sp³-hybridized carbons (Fsp3) is 0.562. The molecule has 0 amide bonds. The molecule has 3 unspecified atom stereocenters. The van der Waals surface area contributed by atoms with Crippen LogP contribution in [0.5, 0.6) is 0 Å². The highest BCUT2D eigenvalue weighted by Crippen LogP contribution is 2.27. The van der Waals surface area contributed by atoms with Gasteiger partial charge in [-0.3, -0.25) is 15.1 Å². The third kappa shape index (κ3) is 4.68. The van der Waals surface area contributed by atoms with Crippen molar-refractivity contribution in [3.63, 3.8) is 0 Å². The molecule has 1 saturated heterocycles. The van der Waals surface area contributed by atoms with E-state index in [0.29, 0.717) is 12.0 Å². The van der Waals surface area contributed by atoms with Crippen LogP contribution in [0, 0.1) is 0 Å². The van der Waals surface area contributed by atoms with Crippen LogP contribution in [0.1, 0.15) is 25.7 Å². The van der Waals surface area contributed by atoms with Crippen molar-refractivity contribution in [3.05, 3.63) is 22.3 Å². The van der Waals surface area contributed by atoms with Crippen molar-refractivity contribution in [2.24, 2.45) is 9.98 Å². The molecule has 25 heavy (non-hydrogen) atoms. The van der Waals surface area contributed by atoms with Gasteiger partial charge >= 0.3 is 0 Å². The Kier molecular flexibility index (Phi) is 6.24. The first-order valence-corrected chi connectivity index (χ1v) is 9.54. The summed E-state index contributed by atoms with van der Waals surface area (Å²) in [7, 11) is 0. The molecule has 3 aliphatic rings. The van der Waals surface area contributed by atoms with Gasteiger partial charge in [-0.25, -0.2) is 14.4 Å². The number of likely N-dealkylation sites (tertiary alicyclic amines) is 1. The first-order valence-electron chi connectivity index (χ1n) is 8.31. The highest BCUT2D eigenvalue weighted by Gasteiger charge is 2.30. The number of piperidine rings is 1. The number of nitrogens with zero attached hydrogens (tertiary/aromatic N) is 3. The first kappa shape index (κ1) is 18.5. The second-order valence-electron chi connectivity index (χ2n) is 6.18. The van der Waals surface area contributed by atoms with Gasteiger partial charge in [-0.05, 0) is 23.4 Å². The van der Waals surface area contributed by atoms with Crippen LogP contribution in [0.4, 0.5) is 4.39 Å². The van der Waals surface area contributed by atoms with E-state index in [4.69, 9.17) is 11.6 Å². The van der Waals surface area contributed by atoms with E-state index in [9.17, 15) is 9.18 Å². The number of ketones is 1. The zero-order valence-corrected chi connectivity index (χ0v) is 15.9. The minimum atomic E-state index is -1.21. The van der Waals surface area contributed by atoms with Gasteiger partial charge in [0.15, 0.2) is 12.0 Å². The lowest BCUT2D eigenvalue weighted by Crippen LogP contribution is -2.48. The maximum absolute atomic E-state index is 14.1. The van der Waals surface area contributed by atoms with Crippen molar-refractivity contribution in [3.8, 4) is 0 Å². The molecule has 9 heteroatoms. The Labute approximate surface area is 159 Å². The lowest BCUT2D eigenvalue weighted by molar-refractivity contribution is -0.115. The van der Waals surface area contributed by atoms with E-state index in [1.165, 1.54) is 18.8 Å². The van der Waals surface area contributed by atoms with Crippen LogP contribution in [0.3, 0.4) is 0 Å². The molecule has 1 aliphatic carbocycles. The third-order valence-corrected chi connectivity index (χ3v) is 5.22. The topological polar surface area (TPSA) is 69.1 Å². The molecule has 1 fully saturated rings. The smallest absolute Gasteiger partial charge is 0.238 e. The van der Waals surface area contributed by atoms with Gasteiger partial charge in [0.2, 0.25) is 5.96 Å². The molecule has 2 heterocycles. The number of hydrogen-bond acceptors (Lipinski definition) is 6. The number of aliphatic imine (C=N–C) groups is 2. The molecule has 136 valence electrons. The van der Waals surface area contributed by atoms with Crippen molar-refractivity contribution < 1.29 is 9.18 Å². The Morgan fingerprint density at radius 3 is 2.88 bits per heavy atom. The van der Waals surface area contributed by atoms with E-state index in [-0.39, 0.29) is 11.7 Å². The molecule has 6 nitrogen and oxygen atoms in total. The molecule has 0 bridgehead atoms. The fourth-order valence-electron chi connectivity index (χ4n) is 3.01. The predicted octanol–water partition coefficient (Wildman–Crippen LogP) is 2.41. The first-order chi connectivity index (χ1) is 12.0. The van der Waals surface area contributed by atoms with Gasteiger partial charge < -0.3 is 5.43 Å². The second-order valence-corrected chi connectivity index (χ2v) is 7.73. The molecule has 2 aliphatic heterocycles. The number of guanidine groups is 1. The minimum absolute atomic E-state index is 0.150. The van der Waals surface area contributed by atoms with Gasteiger partial charge in [0.05, 0.1) is 0 Å². The van der Waals surface area contributed by atoms with Crippen LogP contribution >= 0.6 is 27.5 Å². The SMILES string of the molecule is O=C1C(=CNNC2=NC(N3CCCCC3)C(F)C=N2)C=C(Br)CC1Cl. The van der Waals surface area contributed by atoms with Crippen LogP contribution in [0.2, 0.25) is 0 Å². The number of hydrazine groups is 1. The van der Waals surface area contributed by atoms with Crippen molar-refractivity contribution in [1.29, 1.82) is 0 Å². The van der Waals surface area contributed by atoms with Crippen molar-refractivity contribution in [1.82, 2.24) is 15.8 Å². The summed E-state index contributed by atoms with van der Waals surface area (Å²) >= 11 is 9.37. The molecule has 3 rings (SSSR count). The zero-order valence-electron chi connectivity index (χ0n) is 13.6. The van der Waals surface area contributed by atoms with Gasteiger partial charge in [-0.1, -0.05) is 22.4 Å². The van der Waals surface area contributed by atoms with Crippen molar-refractivity contribution >= 4 is 45.5 Å². The summed E-state index contributed by atoms with van der Waals surface area (Å²) in [5.74, 6) is 0.137. The largest absolute Gasteiger partial charge is 0.305 e. The normalized spacial score (nSPS) is 32.4. The monoisotopic (exact) mass is 431 g/mol. The number of rotatable bonds is 3. The van der Waals surface area contributed by atoms with Gasteiger partial charge in [0.25, 0.3) is 0 Å². The lowest BCUT2D eigenvalue weighted by atomic mass is 10.0. The molecule has 0 radical (unpaired) electrons. The Morgan fingerprint density at radius 1 is 1.36 bits per heavy atom. The number of carbonyl (C=O) groups excluding carboxylic acids is 1. The lowest BCUT2D eigenvalue weighted by Gasteiger charge is -2.34. The van der Waals surface area contributed by atoms with Gasteiger partial charge in [0, 0.05) is 37.5 Å². The number of allylic oxidation sites excluding steroid dienone is 3. The Morgan fingerprint density at radius 2 is 2.12 bits per heavy atom. The molecule has 3 atom stereocenters. The summed E-state index contributed by atoms with van der Waals surface area (Å²) in [4.78, 5) is 22.4. The third-order valence-electron chi connectivity index (χ3n) is 4.31. The van der Waals surface area contributed by atoms with E-state index in [1.807, 2.05) is 4.90 Å². The van der Waals surface area contributed by atoms with Crippen LogP contribution in [0.15, 0.2) is 32.3 Å². The average molecular weight is 433 g/mol. The van der Waals surface area contributed by atoms with Crippen LogP contribution < -0.4 is 10.9 Å². The average Bonchev–Trinajstić information content (AvgIpc) is 2.61. The Hall–Kier alpha value is -1.25. The molecular formula is C16H20BrClFN5O. The van der Waals surface area contributed by atoms with Gasteiger partial charge in [0.1, 0.15) is 11.5 Å². The zero-order chi connectivity index (χ0) is 17.8. The minimum Gasteiger partial charge on any atom is -0.305 e. The number of hydrogen-bond donors (Lipinski definition) is 2. The number of Topliss-reactive ketones (excluding diaryl/α,β-unsaturated/α-hetero) is 1. The number of alkyl halides is 2. The Bertz CT molecular complexity index is 644. The summed E-state index contributed by atoms with van der Waals surface area (Å²) in [6.45, 7) is 1.69. The number of halogens is 3. The molecule has 2 N–H and O–H groups in total. The van der Waals surface area contributed by atoms with Crippen LogP contribution in [0.25, 0.3) is 0 Å². The van der Waals surface area contributed by atoms with E-state index in [1.54, 1.807) is 6.08 Å². The summed E-state index contributed by atoms with van der Waals surface area (Å²) in [6, 6.07) is 0. The summed E-state index contributed by atoms with van der Waals surface area (Å²) < 4.78 is 15.0. The van der Waals surface area contributed by atoms with Crippen molar-refractivity contribution in [2.75, 3.05) is 13.1 Å². The molecule has 0 aromatic heterocycles. The quantitative estimate of drug-likeness (QED) is 0.408. The van der Waals surface area contributed by atoms with Gasteiger partial charge in [-0.15, -0.1) is 11.6 Å². The molecule has 0 aromatic rings. The van der Waals surface area contributed by atoms with E-state index >= 15 is 0 Å². The molecular weight excluding hydrogens is 413 g/mol. The molecule has 0 saturated carbocycles. The summed E-state index contributed by atoms with van der Waals surface area (Å²) in [6.07, 6.45) is 6.52. The number of carbonyl (C=O) groups is 1. The highest BCUT2D eigenvalue weighted by atomic mass is 79.9. The molecule has 0 aromatic carbocycles. The Balaban J connectivity index is 1.62. The predicted molar refractivity (Wildman–Crippen MR) is 101 cm³/mol. The summed E-state index contributed by atoms with van der Waals surface area (Å²) in [5.41, 5.74) is 6.04. The summed E-state index contributed by atoms with van der Waals surface area (Å²) in [5, 5.41) is -0.576. The van der Waals surface area contributed by atoms with E-state index in [2.05, 4.69) is 36.8 Å². The van der Waals surface area contributed by atoms with Gasteiger partial charge in [-0.2, -0.15) is 0 Å². The van der Waals surface area contributed by atoms with Crippen LogP contribution in [-0.2, 0) is 4.79 Å². The maximum Gasteiger partial charge on any atom is 0.238 e.